The van der Waals surface area contributed by atoms with Crippen LogP contribution in [0.25, 0.3) is 0 Å². The fraction of sp³-hybridized carbons (Fsp3) is 0.943. The summed E-state index contributed by atoms with van der Waals surface area (Å²) in [5.41, 5.74) is -1.03. The Morgan fingerprint density at radius 2 is 0.577 bits per heavy atom. The third-order valence-electron chi connectivity index (χ3n) is 5.65. The second kappa shape index (κ2) is 36.2. The molecule has 0 aromatic carbocycles. The lowest BCUT2D eigenvalue weighted by Crippen LogP contribution is -2.34. The number of nitrogens with one attached hydrogen (secondary N) is 1. The monoisotopic (exact) mass is 759 g/mol. The van der Waals surface area contributed by atoms with Crippen LogP contribution in [-0.2, 0) is 71.1 Å². The van der Waals surface area contributed by atoms with Crippen LogP contribution in [0.3, 0.4) is 0 Å². The zero-order valence-electron chi connectivity index (χ0n) is 32.7. The van der Waals surface area contributed by atoms with Crippen molar-refractivity contribution in [2.24, 2.45) is 0 Å². The maximum absolute atomic E-state index is 11.5. The molecule has 52 heavy (non-hydrogen) atoms. The Morgan fingerprint density at radius 1 is 0.346 bits per heavy atom. The molecule has 0 aromatic rings. The fourth-order valence-corrected chi connectivity index (χ4v) is 3.48. The predicted octanol–water partition coefficient (Wildman–Crippen LogP) is 2.05. The van der Waals surface area contributed by atoms with Gasteiger partial charge in [-0.2, -0.15) is 0 Å². The third-order valence-corrected chi connectivity index (χ3v) is 5.65. The molecular weight excluding hydrogens is 690 g/mol. The molecule has 0 atom stereocenters. The summed E-state index contributed by atoms with van der Waals surface area (Å²) < 4.78 is 75.4. The number of hydrogen-bond donors (Lipinski definition) is 1. The van der Waals surface area contributed by atoms with Crippen LogP contribution in [-0.4, -0.2) is 188 Å². The Kier molecular flexibility index (Phi) is 35.0. The molecule has 0 aliphatic carbocycles. The molecule has 1 amide bonds. The Bertz CT molecular complexity index is 730. The standard InChI is InChI=1S/C35H69NO16/c1-34(2,3)51-32(37)31-50-30-29-49-28-27-48-26-25-47-24-23-46-22-21-45-20-19-44-18-17-43-16-15-42-14-13-41-12-11-40-10-9-39-8-7-36-33(38)52-35(4,5)6/h7-31H2,1-6H3,(H,36,38). The van der Waals surface area contributed by atoms with Crippen LogP contribution in [0.4, 0.5) is 4.79 Å². The summed E-state index contributed by atoms with van der Waals surface area (Å²) in [6.45, 7) is 21.7. The first-order valence-electron chi connectivity index (χ1n) is 18.1. The molecule has 0 fully saturated rings. The number of carbonyl (C=O) groups is 2. The molecule has 0 aliphatic rings. The van der Waals surface area contributed by atoms with Crippen molar-refractivity contribution < 1.29 is 75.9 Å². The smallest absolute Gasteiger partial charge is 0.407 e. The van der Waals surface area contributed by atoms with Gasteiger partial charge in [-0.05, 0) is 41.5 Å². The topological polar surface area (TPSA) is 175 Å². The Morgan fingerprint density at radius 3 is 0.827 bits per heavy atom. The summed E-state index contributed by atoms with van der Waals surface area (Å²) >= 11 is 0. The minimum absolute atomic E-state index is 0.0882. The lowest BCUT2D eigenvalue weighted by Gasteiger charge is -2.19. The number of ether oxygens (including phenoxy) is 14. The summed E-state index contributed by atoms with van der Waals surface area (Å²) in [5.74, 6) is -0.391. The van der Waals surface area contributed by atoms with Gasteiger partial charge >= 0.3 is 12.1 Å². The van der Waals surface area contributed by atoms with Crippen molar-refractivity contribution in [1.82, 2.24) is 5.32 Å². The second-order valence-electron chi connectivity index (χ2n) is 12.8. The van der Waals surface area contributed by atoms with E-state index in [1.807, 2.05) is 41.5 Å². The molecule has 17 heteroatoms. The highest BCUT2D eigenvalue weighted by atomic mass is 16.6. The van der Waals surface area contributed by atoms with Gasteiger partial charge in [0.1, 0.15) is 17.8 Å². The average Bonchev–Trinajstić information content (AvgIpc) is 3.06. The van der Waals surface area contributed by atoms with E-state index in [1.165, 1.54) is 0 Å². The molecule has 310 valence electrons. The molecule has 1 N–H and O–H groups in total. The van der Waals surface area contributed by atoms with E-state index in [9.17, 15) is 9.59 Å². The molecule has 0 radical (unpaired) electrons. The fourth-order valence-electron chi connectivity index (χ4n) is 3.48. The molecule has 0 bridgehead atoms. The van der Waals surface area contributed by atoms with Gasteiger partial charge in [-0.3, -0.25) is 0 Å². The van der Waals surface area contributed by atoms with Gasteiger partial charge in [0, 0.05) is 6.54 Å². The highest BCUT2D eigenvalue weighted by Gasteiger charge is 2.16. The first-order chi connectivity index (χ1) is 25.0. The van der Waals surface area contributed by atoms with Crippen LogP contribution in [0.5, 0.6) is 0 Å². The normalized spacial score (nSPS) is 12.0. The molecule has 0 saturated heterocycles. The Hall–Kier alpha value is -1.74. The summed E-state index contributed by atoms with van der Waals surface area (Å²) in [7, 11) is 0. The van der Waals surface area contributed by atoms with Crippen molar-refractivity contribution in [3.05, 3.63) is 0 Å². The van der Waals surface area contributed by atoms with E-state index in [1.54, 1.807) is 0 Å². The maximum atomic E-state index is 11.5. The van der Waals surface area contributed by atoms with E-state index >= 15 is 0 Å². The summed E-state index contributed by atoms with van der Waals surface area (Å²) in [6, 6.07) is 0. The van der Waals surface area contributed by atoms with Gasteiger partial charge in [0.05, 0.1) is 152 Å². The average molecular weight is 760 g/mol. The molecule has 0 saturated carbocycles. The quantitative estimate of drug-likeness (QED) is 0.0715. The molecule has 0 aromatic heterocycles. The molecule has 17 nitrogen and oxygen atoms in total. The second-order valence-corrected chi connectivity index (χ2v) is 12.8. The van der Waals surface area contributed by atoms with Crippen molar-refractivity contribution in [3.8, 4) is 0 Å². The number of alkyl carbamates (subject to hydrolysis) is 1. The van der Waals surface area contributed by atoms with E-state index in [-0.39, 0.29) is 6.61 Å². The van der Waals surface area contributed by atoms with Crippen LogP contribution in [0.2, 0.25) is 0 Å². The first-order valence-corrected chi connectivity index (χ1v) is 18.1. The highest BCUT2D eigenvalue weighted by molar-refractivity contribution is 5.71. The van der Waals surface area contributed by atoms with Crippen LogP contribution in [0, 0.1) is 0 Å². The van der Waals surface area contributed by atoms with Crippen molar-refractivity contribution in [3.63, 3.8) is 0 Å². The minimum atomic E-state index is -0.516. The van der Waals surface area contributed by atoms with Gasteiger partial charge in [-0.1, -0.05) is 0 Å². The zero-order chi connectivity index (χ0) is 38.4. The van der Waals surface area contributed by atoms with Crippen molar-refractivity contribution in [2.45, 2.75) is 52.7 Å². The number of carbonyl (C=O) groups excluding carboxylic acids is 2. The molecule has 0 aliphatic heterocycles. The highest BCUT2D eigenvalue weighted by Crippen LogP contribution is 2.07. The van der Waals surface area contributed by atoms with Crippen molar-refractivity contribution >= 4 is 12.1 Å². The minimum Gasteiger partial charge on any atom is -0.458 e. The largest absolute Gasteiger partial charge is 0.458 e. The van der Waals surface area contributed by atoms with E-state index in [0.717, 1.165) is 0 Å². The van der Waals surface area contributed by atoms with Gasteiger partial charge in [0.25, 0.3) is 0 Å². The zero-order valence-corrected chi connectivity index (χ0v) is 32.7. The number of esters is 1. The van der Waals surface area contributed by atoms with Crippen LogP contribution in [0.15, 0.2) is 0 Å². The number of hydrogen-bond acceptors (Lipinski definition) is 16. The van der Waals surface area contributed by atoms with E-state index in [0.29, 0.717) is 159 Å². The predicted molar refractivity (Wildman–Crippen MR) is 190 cm³/mol. The lowest BCUT2D eigenvalue weighted by atomic mass is 10.2. The van der Waals surface area contributed by atoms with Gasteiger partial charge in [-0.15, -0.1) is 0 Å². The van der Waals surface area contributed by atoms with E-state index in [4.69, 9.17) is 66.3 Å². The van der Waals surface area contributed by atoms with Crippen LogP contribution < -0.4 is 5.32 Å². The van der Waals surface area contributed by atoms with Crippen LogP contribution >= 0.6 is 0 Å². The van der Waals surface area contributed by atoms with Gasteiger partial charge in [0.15, 0.2) is 0 Å². The van der Waals surface area contributed by atoms with Crippen molar-refractivity contribution in [2.75, 3.05) is 165 Å². The summed E-state index contributed by atoms with van der Waals surface area (Å²) in [5, 5.41) is 2.63. The molecule has 0 spiro atoms. The lowest BCUT2D eigenvalue weighted by molar-refractivity contribution is -0.160. The summed E-state index contributed by atoms with van der Waals surface area (Å²) in [6.07, 6.45) is -0.456. The van der Waals surface area contributed by atoms with Gasteiger partial charge in [-0.25, -0.2) is 9.59 Å². The van der Waals surface area contributed by atoms with Gasteiger partial charge < -0.3 is 71.6 Å². The molecule has 0 heterocycles. The van der Waals surface area contributed by atoms with E-state index < -0.39 is 23.3 Å². The Labute approximate surface area is 311 Å². The van der Waals surface area contributed by atoms with Crippen LogP contribution in [0.1, 0.15) is 41.5 Å². The first kappa shape index (κ1) is 50.3. The number of amides is 1. The van der Waals surface area contributed by atoms with E-state index in [2.05, 4.69) is 5.32 Å². The Balaban J connectivity index is 3.13. The van der Waals surface area contributed by atoms with Gasteiger partial charge in [0.2, 0.25) is 0 Å². The summed E-state index contributed by atoms with van der Waals surface area (Å²) in [4.78, 5) is 23.0. The molecular formula is C35H69NO16. The maximum Gasteiger partial charge on any atom is 0.407 e. The number of rotatable bonds is 38. The van der Waals surface area contributed by atoms with Crippen molar-refractivity contribution in [1.29, 1.82) is 0 Å². The molecule has 0 unspecified atom stereocenters. The SMILES string of the molecule is CC(C)(C)OC(=O)COCCOCCOCCOCCOCCOCCOCCOCCOCCOCCOCCOCCNC(=O)OC(C)(C)C. The molecule has 0 rings (SSSR count). The third kappa shape index (κ3) is 44.4.